The highest BCUT2D eigenvalue weighted by molar-refractivity contribution is 5.68. The largest absolute Gasteiger partial charge is 0.444 e. The highest BCUT2D eigenvalue weighted by Crippen LogP contribution is 2.13. The number of alkyl carbamates (subject to hydrolysis) is 1. The molecular weight excluding hydrogens is 340 g/mol. The third-order valence-electron chi connectivity index (χ3n) is 4.17. The minimum Gasteiger partial charge on any atom is -0.444 e. The molecular formula is C22H30N2O3. The van der Waals surface area contributed by atoms with Gasteiger partial charge in [0.2, 0.25) is 0 Å². The van der Waals surface area contributed by atoms with E-state index >= 15 is 0 Å². The van der Waals surface area contributed by atoms with Crippen LogP contribution < -0.4 is 11.1 Å². The Morgan fingerprint density at radius 2 is 1.48 bits per heavy atom. The second-order valence-electron chi connectivity index (χ2n) is 7.79. The zero-order valence-corrected chi connectivity index (χ0v) is 16.3. The van der Waals surface area contributed by atoms with Crippen molar-refractivity contribution in [3.63, 3.8) is 0 Å². The van der Waals surface area contributed by atoms with Gasteiger partial charge in [-0.25, -0.2) is 4.79 Å². The molecule has 0 bridgehead atoms. The third-order valence-corrected chi connectivity index (χ3v) is 4.17. The normalized spacial score (nSPS) is 14.9. The summed E-state index contributed by atoms with van der Waals surface area (Å²) >= 11 is 0. The third kappa shape index (κ3) is 7.41. The van der Waals surface area contributed by atoms with Crippen molar-refractivity contribution in [3.05, 3.63) is 71.8 Å². The van der Waals surface area contributed by atoms with E-state index in [1.54, 1.807) is 20.8 Å². The minimum atomic E-state index is -0.919. The minimum absolute atomic E-state index is 0.462. The summed E-state index contributed by atoms with van der Waals surface area (Å²) in [6.45, 7) is 5.41. The van der Waals surface area contributed by atoms with Crippen molar-refractivity contribution >= 4 is 6.09 Å². The number of carbonyl (C=O) groups excluding carboxylic acids is 1. The van der Waals surface area contributed by atoms with Gasteiger partial charge in [0.15, 0.2) is 0 Å². The van der Waals surface area contributed by atoms with Crippen LogP contribution >= 0.6 is 0 Å². The molecule has 5 nitrogen and oxygen atoms in total. The number of benzene rings is 2. The van der Waals surface area contributed by atoms with Crippen molar-refractivity contribution < 1.29 is 14.6 Å². The molecule has 0 aliphatic carbocycles. The van der Waals surface area contributed by atoms with Crippen LogP contribution in [0.5, 0.6) is 0 Å². The molecule has 0 aliphatic rings. The number of rotatable bonds is 7. The molecule has 2 rings (SSSR count). The molecule has 0 unspecified atom stereocenters. The van der Waals surface area contributed by atoms with Gasteiger partial charge < -0.3 is 20.9 Å². The van der Waals surface area contributed by atoms with Crippen LogP contribution in [0, 0.1) is 0 Å². The van der Waals surface area contributed by atoms with Crippen LogP contribution in [0.2, 0.25) is 0 Å². The molecule has 0 radical (unpaired) electrons. The highest BCUT2D eigenvalue weighted by atomic mass is 16.6. The average molecular weight is 370 g/mol. The maximum atomic E-state index is 12.3. The van der Waals surface area contributed by atoms with E-state index in [-0.39, 0.29) is 0 Å². The fraction of sp³-hybridized carbons (Fsp3) is 0.409. The predicted molar refractivity (Wildman–Crippen MR) is 107 cm³/mol. The summed E-state index contributed by atoms with van der Waals surface area (Å²) in [6.07, 6.45) is -0.500. The first-order valence-electron chi connectivity index (χ1n) is 9.25. The summed E-state index contributed by atoms with van der Waals surface area (Å²) in [5.41, 5.74) is 7.70. The summed E-state index contributed by atoms with van der Waals surface area (Å²) in [6, 6.07) is 18.4. The van der Waals surface area contributed by atoms with E-state index < -0.39 is 29.9 Å². The Balaban J connectivity index is 2.10. The molecule has 0 fully saturated rings. The van der Waals surface area contributed by atoms with Gasteiger partial charge in [-0.1, -0.05) is 60.7 Å². The van der Waals surface area contributed by atoms with E-state index in [4.69, 9.17) is 10.5 Å². The summed E-state index contributed by atoms with van der Waals surface area (Å²) in [5, 5.41) is 13.6. The van der Waals surface area contributed by atoms with E-state index in [1.165, 1.54) is 0 Å². The zero-order chi connectivity index (χ0) is 19.9. The van der Waals surface area contributed by atoms with Crippen LogP contribution in [0.4, 0.5) is 4.79 Å². The van der Waals surface area contributed by atoms with Crippen molar-refractivity contribution in [2.75, 3.05) is 0 Å². The van der Waals surface area contributed by atoms with E-state index in [2.05, 4.69) is 5.32 Å². The number of hydrogen-bond donors (Lipinski definition) is 3. The number of ether oxygens (including phenoxy) is 1. The van der Waals surface area contributed by atoms with Crippen molar-refractivity contribution in [1.82, 2.24) is 5.32 Å². The monoisotopic (exact) mass is 370 g/mol. The Morgan fingerprint density at radius 1 is 1.00 bits per heavy atom. The molecule has 0 spiro atoms. The molecule has 27 heavy (non-hydrogen) atoms. The summed E-state index contributed by atoms with van der Waals surface area (Å²) in [5.74, 6) is 0. The van der Waals surface area contributed by atoms with Crippen LogP contribution in [0.15, 0.2) is 60.7 Å². The van der Waals surface area contributed by atoms with Crippen LogP contribution in [0.25, 0.3) is 0 Å². The lowest BCUT2D eigenvalue weighted by molar-refractivity contribution is 0.0392. The number of amides is 1. The molecule has 0 saturated heterocycles. The fourth-order valence-corrected chi connectivity index (χ4v) is 2.89. The molecule has 146 valence electrons. The lowest BCUT2D eigenvalue weighted by Crippen LogP contribution is -2.53. The van der Waals surface area contributed by atoms with E-state index in [9.17, 15) is 9.90 Å². The quantitative estimate of drug-likeness (QED) is 0.699. The molecule has 0 aromatic heterocycles. The number of nitrogens with two attached hydrogens (primary N) is 1. The molecule has 0 heterocycles. The second kappa shape index (κ2) is 9.53. The number of nitrogens with one attached hydrogen (secondary N) is 1. The summed E-state index contributed by atoms with van der Waals surface area (Å²) in [4.78, 5) is 12.3. The molecule has 5 heteroatoms. The number of hydrogen-bond acceptors (Lipinski definition) is 4. The first kappa shape index (κ1) is 20.9. The molecule has 1 amide bonds. The Labute approximate surface area is 161 Å². The fourth-order valence-electron chi connectivity index (χ4n) is 2.89. The zero-order valence-electron chi connectivity index (χ0n) is 16.3. The standard InChI is InChI=1S/C22H30N2O3/c1-22(2,3)27-21(26)24-19(15-17-12-8-5-9-13-17)20(25)18(23)14-16-10-6-4-7-11-16/h4-13,18-20,25H,14-15,23H2,1-3H3,(H,24,26)/t18-,19-,20-/m0/s1. The Bertz CT molecular complexity index is 699. The van der Waals surface area contributed by atoms with Gasteiger partial charge in [0.1, 0.15) is 5.60 Å². The maximum absolute atomic E-state index is 12.3. The van der Waals surface area contributed by atoms with Gasteiger partial charge in [-0.15, -0.1) is 0 Å². The second-order valence-corrected chi connectivity index (χ2v) is 7.79. The smallest absolute Gasteiger partial charge is 0.407 e. The molecule has 2 aromatic rings. The van der Waals surface area contributed by atoms with Gasteiger partial charge >= 0.3 is 6.09 Å². The van der Waals surface area contributed by atoms with Gasteiger partial charge in [-0.2, -0.15) is 0 Å². The van der Waals surface area contributed by atoms with Crippen LogP contribution in [-0.4, -0.2) is 35.0 Å². The van der Waals surface area contributed by atoms with Gasteiger partial charge in [0.05, 0.1) is 12.1 Å². The van der Waals surface area contributed by atoms with E-state index in [0.717, 1.165) is 11.1 Å². The number of carbonyl (C=O) groups is 1. The van der Waals surface area contributed by atoms with Crippen LogP contribution in [-0.2, 0) is 17.6 Å². The van der Waals surface area contributed by atoms with E-state index in [1.807, 2.05) is 60.7 Å². The Hall–Kier alpha value is -2.37. The van der Waals surface area contributed by atoms with Gasteiger partial charge in [-0.05, 0) is 44.7 Å². The van der Waals surface area contributed by atoms with Crippen LogP contribution in [0.3, 0.4) is 0 Å². The number of aliphatic hydroxyl groups is 1. The van der Waals surface area contributed by atoms with Crippen molar-refractivity contribution in [2.45, 2.75) is 57.4 Å². The molecule has 4 N–H and O–H groups in total. The average Bonchev–Trinajstić information content (AvgIpc) is 2.60. The topological polar surface area (TPSA) is 84.6 Å². The molecule has 3 atom stereocenters. The predicted octanol–water partition coefficient (Wildman–Crippen LogP) is 3.05. The Kier molecular flexibility index (Phi) is 7.39. The van der Waals surface area contributed by atoms with Crippen molar-refractivity contribution in [1.29, 1.82) is 0 Å². The molecule has 0 saturated carbocycles. The van der Waals surface area contributed by atoms with Gasteiger partial charge in [0, 0.05) is 6.04 Å². The van der Waals surface area contributed by atoms with Gasteiger partial charge in [-0.3, -0.25) is 0 Å². The highest BCUT2D eigenvalue weighted by Gasteiger charge is 2.29. The first-order chi connectivity index (χ1) is 12.7. The lowest BCUT2D eigenvalue weighted by atomic mass is 9.93. The first-order valence-corrected chi connectivity index (χ1v) is 9.25. The molecule has 0 aliphatic heterocycles. The van der Waals surface area contributed by atoms with Gasteiger partial charge in [0.25, 0.3) is 0 Å². The molecule has 2 aromatic carbocycles. The van der Waals surface area contributed by atoms with Crippen LogP contribution in [0.1, 0.15) is 31.9 Å². The maximum Gasteiger partial charge on any atom is 0.407 e. The van der Waals surface area contributed by atoms with Crippen molar-refractivity contribution in [3.8, 4) is 0 Å². The SMILES string of the molecule is CC(C)(C)OC(=O)N[C@@H](Cc1ccccc1)[C@@H](O)[C@@H](N)Cc1ccccc1. The lowest BCUT2D eigenvalue weighted by Gasteiger charge is -2.30. The Morgan fingerprint density at radius 3 is 1.96 bits per heavy atom. The summed E-state index contributed by atoms with van der Waals surface area (Å²) < 4.78 is 5.35. The number of aliphatic hydroxyl groups excluding tert-OH is 1. The van der Waals surface area contributed by atoms with Crippen molar-refractivity contribution in [2.24, 2.45) is 5.73 Å². The van der Waals surface area contributed by atoms with E-state index in [0.29, 0.717) is 12.8 Å². The summed E-state index contributed by atoms with van der Waals surface area (Å²) in [7, 11) is 0.